The molecule has 2 nitrogen and oxygen atoms in total. The molecule has 0 atom stereocenters. The molecule has 0 bridgehead atoms. The maximum atomic E-state index is 11.9. The zero-order valence-corrected chi connectivity index (χ0v) is 11.0. The molecule has 0 aliphatic heterocycles. The van der Waals surface area contributed by atoms with Crippen LogP contribution < -0.4 is 0 Å². The smallest absolute Gasteiger partial charge is 0.178 e. The first-order valence-electron chi connectivity index (χ1n) is 6.05. The van der Waals surface area contributed by atoms with Gasteiger partial charge < -0.3 is 0 Å². The Kier molecular flexibility index (Phi) is 5.98. The van der Waals surface area contributed by atoms with Crippen molar-refractivity contribution >= 4 is 9.84 Å². The number of rotatable bonds is 8. The van der Waals surface area contributed by atoms with Crippen molar-refractivity contribution in [3.63, 3.8) is 0 Å². The summed E-state index contributed by atoms with van der Waals surface area (Å²) >= 11 is 0. The first-order chi connectivity index (χ1) is 8.17. The van der Waals surface area contributed by atoms with E-state index in [4.69, 9.17) is 0 Å². The van der Waals surface area contributed by atoms with E-state index in [1.165, 1.54) is 0 Å². The average Bonchev–Trinajstić information content (AvgIpc) is 2.35. The molecule has 1 aromatic carbocycles. The van der Waals surface area contributed by atoms with Gasteiger partial charge in [-0.2, -0.15) is 0 Å². The quantitative estimate of drug-likeness (QED) is 0.523. The van der Waals surface area contributed by atoms with E-state index in [1.54, 1.807) is 24.3 Å². The lowest BCUT2D eigenvalue weighted by Gasteiger charge is -2.03. The number of allylic oxidation sites excluding steroid dienone is 1. The van der Waals surface area contributed by atoms with E-state index < -0.39 is 9.84 Å². The highest BCUT2D eigenvalue weighted by Gasteiger charge is 2.12. The predicted octanol–water partition coefficient (Wildman–Crippen LogP) is 3.60. The minimum Gasteiger partial charge on any atom is -0.224 e. The van der Waals surface area contributed by atoms with Gasteiger partial charge in [-0.1, -0.05) is 37.1 Å². The molecule has 0 spiro atoms. The number of unbranched alkanes of at least 4 members (excludes halogenated alkanes) is 4. The Morgan fingerprint density at radius 1 is 1.00 bits per heavy atom. The summed E-state index contributed by atoms with van der Waals surface area (Å²) in [6.45, 7) is 3.66. The molecular formula is C14H20O2S. The molecule has 0 saturated carbocycles. The van der Waals surface area contributed by atoms with Gasteiger partial charge in [-0.3, -0.25) is 0 Å². The van der Waals surface area contributed by atoms with Crippen LogP contribution in [-0.2, 0) is 9.84 Å². The zero-order valence-electron chi connectivity index (χ0n) is 10.1. The summed E-state index contributed by atoms with van der Waals surface area (Å²) in [4.78, 5) is 0.436. The van der Waals surface area contributed by atoms with Crippen molar-refractivity contribution in [1.82, 2.24) is 0 Å². The third-order valence-electron chi connectivity index (χ3n) is 2.67. The van der Waals surface area contributed by atoms with Gasteiger partial charge >= 0.3 is 0 Å². The van der Waals surface area contributed by atoms with Crippen molar-refractivity contribution in [3.05, 3.63) is 43.0 Å². The van der Waals surface area contributed by atoms with E-state index in [2.05, 4.69) is 6.58 Å². The third-order valence-corrected chi connectivity index (χ3v) is 4.49. The normalized spacial score (nSPS) is 11.3. The molecule has 0 N–H and O–H groups in total. The van der Waals surface area contributed by atoms with E-state index in [1.807, 2.05) is 12.1 Å². The lowest BCUT2D eigenvalue weighted by molar-refractivity contribution is 0.588. The lowest BCUT2D eigenvalue weighted by atomic mass is 10.2. The third kappa shape index (κ3) is 5.18. The molecule has 3 heteroatoms. The Bertz CT molecular complexity index is 421. The first-order valence-corrected chi connectivity index (χ1v) is 7.71. The van der Waals surface area contributed by atoms with Gasteiger partial charge in [0.15, 0.2) is 9.84 Å². The molecule has 0 aromatic heterocycles. The van der Waals surface area contributed by atoms with Gasteiger partial charge in [-0.05, 0) is 31.4 Å². The Morgan fingerprint density at radius 3 is 2.29 bits per heavy atom. The summed E-state index contributed by atoms with van der Waals surface area (Å²) in [6, 6.07) is 8.67. The van der Waals surface area contributed by atoms with Gasteiger partial charge in [0.2, 0.25) is 0 Å². The summed E-state index contributed by atoms with van der Waals surface area (Å²) in [6.07, 6.45) is 6.83. The topological polar surface area (TPSA) is 34.1 Å². The molecular weight excluding hydrogens is 232 g/mol. The molecule has 94 valence electrons. The largest absolute Gasteiger partial charge is 0.224 e. The van der Waals surface area contributed by atoms with Crippen LogP contribution in [0.2, 0.25) is 0 Å². The molecule has 0 aliphatic carbocycles. The number of benzene rings is 1. The molecule has 0 aliphatic rings. The minimum atomic E-state index is -3.07. The molecule has 0 fully saturated rings. The molecule has 0 heterocycles. The highest BCUT2D eigenvalue weighted by atomic mass is 32.2. The molecule has 0 amide bonds. The van der Waals surface area contributed by atoms with Gasteiger partial charge in [0.05, 0.1) is 10.6 Å². The Labute approximate surface area is 104 Å². The predicted molar refractivity (Wildman–Crippen MR) is 71.8 cm³/mol. The Morgan fingerprint density at radius 2 is 1.65 bits per heavy atom. The second kappa shape index (κ2) is 7.28. The van der Waals surface area contributed by atoms with Crippen molar-refractivity contribution in [2.45, 2.75) is 37.0 Å². The number of hydrogen-bond acceptors (Lipinski definition) is 2. The fourth-order valence-corrected chi connectivity index (χ4v) is 3.07. The van der Waals surface area contributed by atoms with Gasteiger partial charge in [-0.15, -0.1) is 6.58 Å². The standard InChI is InChI=1S/C14H20O2S/c1-2-3-4-5-6-10-13-17(15,16)14-11-8-7-9-12-14/h2,7-9,11-12H,1,3-6,10,13H2. The van der Waals surface area contributed by atoms with Crippen LogP contribution in [0.3, 0.4) is 0 Å². The molecule has 17 heavy (non-hydrogen) atoms. The highest BCUT2D eigenvalue weighted by molar-refractivity contribution is 7.91. The SMILES string of the molecule is C=CCCCCCCS(=O)(=O)c1ccccc1. The number of sulfone groups is 1. The van der Waals surface area contributed by atoms with Gasteiger partial charge in [0.1, 0.15) is 0 Å². The Hall–Kier alpha value is -1.09. The molecule has 1 aromatic rings. The maximum Gasteiger partial charge on any atom is 0.178 e. The summed E-state index contributed by atoms with van der Waals surface area (Å²) < 4.78 is 23.8. The van der Waals surface area contributed by atoms with Crippen molar-refractivity contribution in [2.75, 3.05) is 5.75 Å². The van der Waals surface area contributed by atoms with Gasteiger partial charge in [-0.25, -0.2) is 8.42 Å². The van der Waals surface area contributed by atoms with Crippen LogP contribution in [0, 0.1) is 0 Å². The van der Waals surface area contributed by atoms with Gasteiger partial charge in [0.25, 0.3) is 0 Å². The molecule has 0 radical (unpaired) electrons. The summed E-state index contributed by atoms with van der Waals surface area (Å²) in [5, 5.41) is 0. The minimum absolute atomic E-state index is 0.255. The first kappa shape index (κ1) is 14.0. The molecule has 0 unspecified atom stereocenters. The second-order valence-corrected chi connectivity index (χ2v) is 6.23. The van der Waals surface area contributed by atoms with Crippen LogP contribution in [0.4, 0.5) is 0 Å². The van der Waals surface area contributed by atoms with E-state index in [9.17, 15) is 8.42 Å². The number of hydrogen-bond donors (Lipinski definition) is 0. The summed E-state index contributed by atoms with van der Waals surface area (Å²) in [7, 11) is -3.07. The monoisotopic (exact) mass is 252 g/mol. The van der Waals surface area contributed by atoms with E-state index >= 15 is 0 Å². The van der Waals surface area contributed by atoms with Crippen molar-refractivity contribution in [2.24, 2.45) is 0 Å². The van der Waals surface area contributed by atoms with Crippen LogP contribution in [0.15, 0.2) is 47.9 Å². The van der Waals surface area contributed by atoms with E-state index in [0.29, 0.717) is 4.90 Å². The van der Waals surface area contributed by atoms with Crippen molar-refractivity contribution in [1.29, 1.82) is 0 Å². The van der Waals surface area contributed by atoms with Gasteiger partial charge in [0, 0.05) is 0 Å². The van der Waals surface area contributed by atoms with E-state index in [-0.39, 0.29) is 5.75 Å². The van der Waals surface area contributed by atoms with Crippen LogP contribution in [-0.4, -0.2) is 14.2 Å². The van der Waals surface area contributed by atoms with E-state index in [0.717, 1.165) is 32.1 Å². The van der Waals surface area contributed by atoms with Crippen LogP contribution in [0.1, 0.15) is 32.1 Å². The summed E-state index contributed by atoms with van der Waals surface area (Å²) in [5.74, 6) is 0.255. The van der Waals surface area contributed by atoms with Crippen LogP contribution >= 0.6 is 0 Å². The maximum absolute atomic E-state index is 11.9. The second-order valence-electron chi connectivity index (χ2n) is 4.12. The highest BCUT2D eigenvalue weighted by Crippen LogP contribution is 2.13. The van der Waals surface area contributed by atoms with Crippen molar-refractivity contribution in [3.8, 4) is 0 Å². The lowest BCUT2D eigenvalue weighted by Crippen LogP contribution is -2.06. The average molecular weight is 252 g/mol. The molecule has 1 rings (SSSR count). The fourth-order valence-electron chi connectivity index (χ4n) is 1.68. The van der Waals surface area contributed by atoms with Crippen LogP contribution in [0.5, 0.6) is 0 Å². The molecule has 0 saturated heterocycles. The summed E-state index contributed by atoms with van der Waals surface area (Å²) in [5.41, 5.74) is 0. The van der Waals surface area contributed by atoms with Crippen LogP contribution in [0.25, 0.3) is 0 Å². The fraction of sp³-hybridized carbons (Fsp3) is 0.429. The van der Waals surface area contributed by atoms with Crippen molar-refractivity contribution < 1.29 is 8.42 Å². The Balaban J connectivity index is 2.34. The zero-order chi connectivity index (χ0) is 12.6.